The smallest absolute Gasteiger partial charge is 0.417 e. The summed E-state index contributed by atoms with van der Waals surface area (Å²) in [6.07, 6.45) is -4.37. The van der Waals surface area contributed by atoms with Gasteiger partial charge in [-0.2, -0.15) is 13.2 Å². The number of carboxylic acid groups (broad SMARTS) is 1. The number of nitrogens with one attached hydrogen (secondary N) is 3. The molecule has 4 amide bonds. The van der Waals surface area contributed by atoms with Crippen LogP contribution in [0, 0.1) is 5.41 Å². The van der Waals surface area contributed by atoms with Gasteiger partial charge in [-0.1, -0.05) is 19.3 Å². The van der Waals surface area contributed by atoms with E-state index in [0.717, 1.165) is 11.7 Å². The second-order valence-electron chi connectivity index (χ2n) is 11.0. The van der Waals surface area contributed by atoms with Gasteiger partial charge in [0.2, 0.25) is 23.7 Å². The van der Waals surface area contributed by atoms with Crippen molar-refractivity contribution >= 4 is 29.6 Å². The van der Waals surface area contributed by atoms with Crippen LogP contribution in [0.15, 0.2) is 0 Å². The number of hydrogen-bond donors (Lipinski definition) is 4. The summed E-state index contributed by atoms with van der Waals surface area (Å²) in [7, 11) is 0. The van der Waals surface area contributed by atoms with Crippen molar-refractivity contribution in [2.45, 2.75) is 107 Å². The quantitative estimate of drug-likeness (QED) is 0.236. The average Bonchev–Trinajstić information content (AvgIpc) is 3.57. The summed E-state index contributed by atoms with van der Waals surface area (Å²) < 4.78 is 68.1. The molecule has 2 saturated carbocycles. The van der Waals surface area contributed by atoms with Gasteiger partial charge in [0.25, 0.3) is 11.8 Å². The van der Waals surface area contributed by atoms with Crippen molar-refractivity contribution in [2.24, 2.45) is 5.41 Å². The molecule has 0 aromatic carbocycles. The minimum Gasteiger partial charge on any atom is -0.465 e. The summed E-state index contributed by atoms with van der Waals surface area (Å²) in [5, 5.41) is 14.7. The molecular formula is C24H33F5N4O6. The number of ketones is 1. The summed E-state index contributed by atoms with van der Waals surface area (Å²) >= 11 is 0. The molecule has 3 fully saturated rings. The van der Waals surface area contributed by atoms with Crippen LogP contribution in [-0.2, 0) is 19.2 Å². The molecule has 1 spiro atoms. The maximum atomic E-state index is 13.6. The van der Waals surface area contributed by atoms with Crippen molar-refractivity contribution in [3.05, 3.63) is 0 Å². The van der Waals surface area contributed by atoms with Crippen molar-refractivity contribution < 1.29 is 51.0 Å². The minimum absolute atomic E-state index is 0.0542. The molecule has 3 aliphatic rings. The summed E-state index contributed by atoms with van der Waals surface area (Å²) in [6.45, 7) is 0.350. The van der Waals surface area contributed by atoms with Gasteiger partial charge in [-0.3, -0.25) is 19.2 Å². The predicted octanol–water partition coefficient (Wildman–Crippen LogP) is 2.50. The Labute approximate surface area is 221 Å². The Morgan fingerprint density at radius 3 is 2.13 bits per heavy atom. The fourth-order valence-corrected chi connectivity index (χ4v) is 5.34. The largest absolute Gasteiger partial charge is 0.465 e. The van der Waals surface area contributed by atoms with Crippen LogP contribution >= 0.6 is 0 Å². The standard InChI is InChI=1S/C24H33F5N4O6/c1-22(25,26)10-7-14(16(34)19(36)30-13-5-6-13)31-18(35)15-11-23(8-3-2-4-9-23)12-33(15)20(37)17(24(27,28)29)32-21(38)39/h13-15,17,32H,2-12H2,1H3,(H,30,36)(H,31,35)(H,38,39)/t14-,15-,17+/m0/s1. The summed E-state index contributed by atoms with van der Waals surface area (Å²) in [4.78, 5) is 63.2. The molecule has 10 nitrogen and oxygen atoms in total. The van der Waals surface area contributed by atoms with E-state index in [1.54, 1.807) is 0 Å². The third-order valence-electron chi connectivity index (χ3n) is 7.49. The summed E-state index contributed by atoms with van der Waals surface area (Å²) in [5.74, 6) is -8.24. The van der Waals surface area contributed by atoms with Crippen LogP contribution in [-0.4, -0.2) is 82.4 Å². The lowest BCUT2D eigenvalue weighted by molar-refractivity contribution is -0.176. The number of Topliss-reactive ketones (excluding diaryl/α,β-unsaturated/α-hetero) is 1. The Hall–Kier alpha value is -3.00. The first-order valence-corrected chi connectivity index (χ1v) is 12.9. The van der Waals surface area contributed by atoms with Crippen LogP contribution in [0.3, 0.4) is 0 Å². The van der Waals surface area contributed by atoms with Crippen LogP contribution in [0.25, 0.3) is 0 Å². The zero-order chi connectivity index (χ0) is 29.2. The normalized spacial score (nSPS) is 22.6. The number of rotatable bonds is 10. The van der Waals surface area contributed by atoms with Gasteiger partial charge >= 0.3 is 12.3 Å². The van der Waals surface area contributed by atoms with Gasteiger partial charge in [0, 0.05) is 19.0 Å². The van der Waals surface area contributed by atoms with Crippen molar-refractivity contribution in [1.82, 2.24) is 20.9 Å². The number of hydrogen-bond acceptors (Lipinski definition) is 5. The molecule has 39 heavy (non-hydrogen) atoms. The van der Waals surface area contributed by atoms with Crippen LogP contribution in [0.1, 0.15) is 71.1 Å². The lowest BCUT2D eigenvalue weighted by Gasteiger charge is -2.33. The first kappa shape index (κ1) is 30.5. The molecule has 1 saturated heterocycles. The highest BCUT2D eigenvalue weighted by atomic mass is 19.4. The van der Waals surface area contributed by atoms with Crippen LogP contribution in [0.5, 0.6) is 0 Å². The third-order valence-corrected chi connectivity index (χ3v) is 7.49. The SMILES string of the molecule is CC(F)(F)CC[C@H](NC(=O)[C@@H]1CC2(CCCCC2)CN1C(=O)[C@@H](NC(=O)O)C(F)(F)F)C(=O)C(=O)NC1CC1. The molecule has 0 radical (unpaired) electrons. The molecule has 0 bridgehead atoms. The van der Waals surface area contributed by atoms with Crippen LogP contribution < -0.4 is 16.0 Å². The Morgan fingerprint density at radius 1 is 1.00 bits per heavy atom. The maximum Gasteiger partial charge on any atom is 0.417 e. The Bertz CT molecular complexity index is 975. The lowest BCUT2D eigenvalue weighted by atomic mass is 9.72. The monoisotopic (exact) mass is 568 g/mol. The van der Waals surface area contributed by atoms with Gasteiger partial charge in [-0.15, -0.1) is 0 Å². The second-order valence-corrected chi connectivity index (χ2v) is 11.0. The van der Waals surface area contributed by atoms with E-state index in [4.69, 9.17) is 5.11 Å². The van der Waals surface area contributed by atoms with E-state index in [0.29, 0.717) is 50.3 Å². The molecule has 1 heterocycles. The number of nitrogens with zero attached hydrogens (tertiary/aromatic N) is 1. The molecule has 2 aliphatic carbocycles. The van der Waals surface area contributed by atoms with Crippen molar-refractivity contribution in [2.75, 3.05) is 6.54 Å². The number of carbonyl (C=O) groups excluding carboxylic acids is 4. The molecule has 4 N–H and O–H groups in total. The van der Waals surface area contributed by atoms with Crippen LogP contribution in [0.4, 0.5) is 26.7 Å². The lowest BCUT2D eigenvalue weighted by Crippen LogP contribution is -2.59. The van der Waals surface area contributed by atoms with Crippen LogP contribution in [0.2, 0.25) is 0 Å². The van der Waals surface area contributed by atoms with Crippen molar-refractivity contribution in [1.29, 1.82) is 0 Å². The van der Waals surface area contributed by atoms with E-state index in [1.807, 2.05) is 0 Å². The van der Waals surface area contributed by atoms with Gasteiger partial charge < -0.3 is 26.0 Å². The van der Waals surface area contributed by atoms with E-state index in [2.05, 4.69) is 10.6 Å². The van der Waals surface area contributed by atoms with Gasteiger partial charge in [0.1, 0.15) is 6.04 Å². The molecule has 0 aromatic rings. The van der Waals surface area contributed by atoms with Gasteiger partial charge in [-0.25, -0.2) is 13.6 Å². The molecule has 15 heteroatoms. The van der Waals surface area contributed by atoms with Gasteiger partial charge in [0.05, 0.1) is 6.04 Å². The Morgan fingerprint density at radius 2 is 1.62 bits per heavy atom. The molecule has 0 aromatic heterocycles. The number of likely N-dealkylation sites (tertiary alicyclic amines) is 1. The second kappa shape index (κ2) is 11.6. The van der Waals surface area contributed by atoms with Crippen molar-refractivity contribution in [3.8, 4) is 0 Å². The summed E-state index contributed by atoms with van der Waals surface area (Å²) in [5.41, 5.74) is -0.700. The topological polar surface area (TPSA) is 145 Å². The highest BCUT2D eigenvalue weighted by Crippen LogP contribution is 2.47. The zero-order valence-corrected chi connectivity index (χ0v) is 21.4. The minimum atomic E-state index is -5.30. The fraction of sp³-hybridized carbons (Fsp3) is 0.792. The molecule has 3 atom stereocenters. The molecular weight excluding hydrogens is 535 g/mol. The van der Waals surface area contributed by atoms with E-state index >= 15 is 0 Å². The highest BCUT2D eigenvalue weighted by molar-refractivity contribution is 6.38. The maximum absolute atomic E-state index is 13.6. The Balaban J connectivity index is 1.86. The molecule has 1 aliphatic heterocycles. The zero-order valence-electron chi connectivity index (χ0n) is 21.4. The number of amides is 4. The fourth-order valence-electron chi connectivity index (χ4n) is 5.34. The van der Waals surface area contributed by atoms with E-state index in [1.165, 1.54) is 0 Å². The number of halogens is 5. The van der Waals surface area contributed by atoms with Gasteiger partial charge in [-0.05, 0) is 50.9 Å². The Kier molecular flexibility index (Phi) is 9.10. The number of carbonyl (C=O) groups is 5. The average molecular weight is 569 g/mol. The van der Waals surface area contributed by atoms with E-state index in [-0.39, 0.29) is 19.0 Å². The van der Waals surface area contributed by atoms with Gasteiger partial charge in [0.15, 0.2) is 0 Å². The van der Waals surface area contributed by atoms with E-state index < -0.39 is 78.1 Å². The first-order chi connectivity index (χ1) is 18.0. The molecule has 220 valence electrons. The van der Waals surface area contributed by atoms with Crippen molar-refractivity contribution in [3.63, 3.8) is 0 Å². The first-order valence-electron chi connectivity index (χ1n) is 12.9. The third kappa shape index (κ3) is 8.24. The highest BCUT2D eigenvalue weighted by Gasteiger charge is 2.55. The summed E-state index contributed by atoms with van der Waals surface area (Å²) in [6, 6.07) is -6.59. The molecule has 0 unspecified atom stereocenters. The molecule has 3 rings (SSSR count). The number of alkyl halides is 5. The predicted molar refractivity (Wildman–Crippen MR) is 125 cm³/mol. The van der Waals surface area contributed by atoms with E-state index in [9.17, 15) is 45.9 Å².